The maximum Gasteiger partial charge on any atom is 0.163 e. The molecule has 0 radical (unpaired) electrons. The lowest BCUT2D eigenvalue weighted by Gasteiger charge is -2.08. The molecule has 0 aliphatic carbocycles. The standard InChI is InChI=1S/C18H12Cl2N4/c1-11-4-6-21-9-14(11)13-5-7-22-18-15(13)10-23-24(18)17-8-12(19)2-3-16(17)20/h2-10H,1H3. The Hall–Kier alpha value is -2.43. The Morgan fingerprint density at radius 2 is 1.83 bits per heavy atom. The van der Waals surface area contributed by atoms with Crippen LogP contribution in [0.15, 0.2) is 55.1 Å². The average molecular weight is 355 g/mol. The van der Waals surface area contributed by atoms with Gasteiger partial charge >= 0.3 is 0 Å². The van der Waals surface area contributed by atoms with Crippen molar-refractivity contribution >= 4 is 34.2 Å². The third-order valence-electron chi connectivity index (χ3n) is 3.94. The molecule has 3 aromatic heterocycles. The number of nitrogens with zero attached hydrogens (tertiary/aromatic N) is 4. The summed E-state index contributed by atoms with van der Waals surface area (Å²) in [5.41, 5.74) is 4.66. The largest absolute Gasteiger partial charge is 0.264 e. The van der Waals surface area contributed by atoms with Crippen LogP contribution in [-0.2, 0) is 0 Å². The molecule has 0 spiro atoms. The molecule has 4 nitrogen and oxygen atoms in total. The molecule has 1 aromatic carbocycles. The molecule has 0 saturated heterocycles. The first-order valence-corrected chi connectivity index (χ1v) is 8.10. The Labute approximate surface area is 148 Å². The van der Waals surface area contributed by atoms with Crippen LogP contribution in [0.2, 0.25) is 10.0 Å². The van der Waals surface area contributed by atoms with Crippen LogP contribution in [0.5, 0.6) is 0 Å². The summed E-state index contributed by atoms with van der Waals surface area (Å²) in [5.74, 6) is 0. The maximum atomic E-state index is 6.31. The summed E-state index contributed by atoms with van der Waals surface area (Å²) >= 11 is 12.4. The van der Waals surface area contributed by atoms with Crippen molar-refractivity contribution in [3.8, 4) is 16.8 Å². The molecule has 0 aliphatic rings. The van der Waals surface area contributed by atoms with E-state index in [4.69, 9.17) is 23.2 Å². The van der Waals surface area contributed by atoms with E-state index in [9.17, 15) is 0 Å². The van der Waals surface area contributed by atoms with Gasteiger partial charge in [-0.3, -0.25) is 4.98 Å². The number of benzene rings is 1. The molecule has 3 heterocycles. The predicted molar refractivity (Wildman–Crippen MR) is 96.9 cm³/mol. The van der Waals surface area contributed by atoms with Crippen LogP contribution in [-0.4, -0.2) is 19.7 Å². The number of rotatable bonds is 2. The van der Waals surface area contributed by atoms with Crippen LogP contribution in [0.1, 0.15) is 5.56 Å². The van der Waals surface area contributed by atoms with Crippen molar-refractivity contribution in [3.63, 3.8) is 0 Å². The molecule has 118 valence electrons. The van der Waals surface area contributed by atoms with Crippen molar-refractivity contribution in [1.82, 2.24) is 19.7 Å². The summed E-state index contributed by atoms with van der Waals surface area (Å²) in [6.07, 6.45) is 7.20. The van der Waals surface area contributed by atoms with Gasteiger partial charge in [0.25, 0.3) is 0 Å². The van der Waals surface area contributed by atoms with Gasteiger partial charge in [-0.1, -0.05) is 23.2 Å². The molecule has 0 N–H and O–H groups in total. The van der Waals surface area contributed by atoms with Gasteiger partial charge < -0.3 is 0 Å². The fourth-order valence-electron chi connectivity index (χ4n) is 2.73. The van der Waals surface area contributed by atoms with Gasteiger partial charge in [0.05, 0.1) is 16.9 Å². The highest BCUT2D eigenvalue weighted by atomic mass is 35.5. The number of fused-ring (bicyclic) bond motifs is 1. The first-order chi connectivity index (χ1) is 11.6. The topological polar surface area (TPSA) is 43.6 Å². The zero-order chi connectivity index (χ0) is 16.7. The summed E-state index contributed by atoms with van der Waals surface area (Å²) in [5, 5.41) is 6.57. The van der Waals surface area contributed by atoms with Gasteiger partial charge in [-0.05, 0) is 48.4 Å². The molecule has 4 rings (SSSR count). The van der Waals surface area contributed by atoms with Crippen molar-refractivity contribution in [2.24, 2.45) is 0 Å². The summed E-state index contributed by atoms with van der Waals surface area (Å²) in [6.45, 7) is 2.06. The van der Waals surface area contributed by atoms with E-state index in [0.717, 1.165) is 27.7 Å². The smallest absolute Gasteiger partial charge is 0.163 e. The Morgan fingerprint density at radius 3 is 2.67 bits per heavy atom. The molecule has 0 saturated carbocycles. The molecular weight excluding hydrogens is 343 g/mol. The van der Waals surface area contributed by atoms with Crippen molar-refractivity contribution in [1.29, 1.82) is 0 Å². The fourth-order valence-corrected chi connectivity index (χ4v) is 3.10. The minimum Gasteiger partial charge on any atom is -0.264 e. The highest BCUT2D eigenvalue weighted by molar-refractivity contribution is 6.34. The first kappa shape index (κ1) is 15.1. The van der Waals surface area contributed by atoms with Gasteiger partial charge in [-0.25, -0.2) is 9.67 Å². The van der Waals surface area contributed by atoms with Crippen LogP contribution >= 0.6 is 23.2 Å². The molecule has 4 aromatic rings. The molecule has 0 amide bonds. The average Bonchev–Trinajstić information content (AvgIpc) is 3.01. The van der Waals surface area contributed by atoms with Crippen LogP contribution in [0.4, 0.5) is 0 Å². The van der Waals surface area contributed by atoms with E-state index in [-0.39, 0.29) is 0 Å². The van der Waals surface area contributed by atoms with E-state index in [1.165, 1.54) is 0 Å². The zero-order valence-corrected chi connectivity index (χ0v) is 14.3. The van der Waals surface area contributed by atoms with E-state index in [1.54, 1.807) is 41.5 Å². The van der Waals surface area contributed by atoms with Gasteiger partial charge in [0.1, 0.15) is 0 Å². The second-order valence-electron chi connectivity index (χ2n) is 5.44. The van der Waals surface area contributed by atoms with Crippen molar-refractivity contribution in [2.45, 2.75) is 6.92 Å². The molecular formula is C18H12Cl2N4. The lowest BCUT2D eigenvalue weighted by molar-refractivity contribution is 0.897. The fraction of sp³-hybridized carbons (Fsp3) is 0.0556. The van der Waals surface area contributed by atoms with E-state index in [1.807, 2.05) is 18.3 Å². The number of aromatic nitrogens is 4. The lowest BCUT2D eigenvalue weighted by Crippen LogP contribution is -1.98. The normalized spacial score (nSPS) is 11.1. The monoisotopic (exact) mass is 354 g/mol. The summed E-state index contributed by atoms with van der Waals surface area (Å²) in [4.78, 5) is 8.72. The molecule has 0 fully saturated rings. The second-order valence-corrected chi connectivity index (χ2v) is 6.28. The Kier molecular flexibility index (Phi) is 3.71. The van der Waals surface area contributed by atoms with Gasteiger partial charge in [0.2, 0.25) is 0 Å². The predicted octanol–water partition coefficient (Wildman–Crippen LogP) is 5.10. The van der Waals surface area contributed by atoms with E-state index >= 15 is 0 Å². The first-order valence-electron chi connectivity index (χ1n) is 7.34. The second kappa shape index (κ2) is 5.89. The Bertz CT molecular complexity index is 1060. The Balaban J connectivity index is 1.98. The number of pyridine rings is 2. The van der Waals surface area contributed by atoms with Crippen LogP contribution < -0.4 is 0 Å². The molecule has 0 atom stereocenters. The minimum atomic E-state index is 0.564. The van der Waals surface area contributed by atoms with Crippen molar-refractivity contribution in [2.75, 3.05) is 0 Å². The summed E-state index contributed by atoms with van der Waals surface area (Å²) < 4.78 is 1.71. The van der Waals surface area contributed by atoms with E-state index in [2.05, 4.69) is 22.0 Å². The maximum absolute atomic E-state index is 6.31. The van der Waals surface area contributed by atoms with Crippen LogP contribution in [0.25, 0.3) is 27.8 Å². The van der Waals surface area contributed by atoms with Gasteiger partial charge in [-0.15, -0.1) is 0 Å². The van der Waals surface area contributed by atoms with E-state index < -0.39 is 0 Å². The van der Waals surface area contributed by atoms with Crippen LogP contribution in [0.3, 0.4) is 0 Å². The lowest BCUT2D eigenvalue weighted by atomic mass is 10.0. The molecule has 6 heteroatoms. The molecule has 24 heavy (non-hydrogen) atoms. The number of aryl methyl sites for hydroxylation is 1. The number of hydrogen-bond acceptors (Lipinski definition) is 3. The van der Waals surface area contributed by atoms with Gasteiger partial charge in [0.15, 0.2) is 5.65 Å². The van der Waals surface area contributed by atoms with E-state index in [0.29, 0.717) is 15.7 Å². The highest BCUT2D eigenvalue weighted by Gasteiger charge is 2.14. The molecule has 0 unspecified atom stereocenters. The third-order valence-corrected chi connectivity index (χ3v) is 4.49. The molecule has 0 bridgehead atoms. The quantitative estimate of drug-likeness (QED) is 0.503. The van der Waals surface area contributed by atoms with Gasteiger partial charge in [-0.2, -0.15) is 5.10 Å². The SMILES string of the molecule is Cc1ccncc1-c1ccnc2c1cnn2-c1cc(Cl)ccc1Cl. The zero-order valence-electron chi connectivity index (χ0n) is 12.7. The molecule has 0 aliphatic heterocycles. The Morgan fingerprint density at radius 1 is 0.958 bits per heavy atom. The summed E-state index contributed by atoms with van der Waals surface area (Å²) in [7, 11) is 0. The number of hydrogen-bond donors (Lipinski definition) is 0. The summed E-state index contributed by atoms with van der Waals surface area (Å²) in [6, 6.07) is 9.23. The minimum absolute atomic E-state index is 0.564. The number of halogens is 2. The highest BCUT2D eigenvalue weighted by Crippen LogP contribution is 2.32. The van der Waals surface area contributed by atoms with Gasteiger partial charge in [0, 0.05) is 34.6 Å². The van der Waals surface area contributed by atoms with Crippen molar-refractivity contribution in [3.05, 3.63) is 70.7 Å². The third kappa shape index (κ3) is 2.44. The van der Waals surface area contributed by atoms with Crippen molar-refractivity contribution < 1.29 is 0 Å². The van der Waals surface area contributed by atoms with Crippen LogP contribution in [0, 0.1) is 6.92 Å².